The maximum atomic E-state index is 12.0. The Balaban J connectivity index is 4.87. The molecular formula is C16H26O9. The monoisotopic (exact) mass is 362 g/mol. The standard InChI is InChI=1S/C16H26O9/c1-9(22-14(21)25-16(5,6)7)12(19)23-10(8-11(17)18)13(20)24-15(2,3)4/h9-10H,8H2,1-7H3,(H,17,18). The van der Waals surface area contributed by atoms with Crippen LogP contribution in [0.1, 0.15) is 54.9 Å². The van der Waals surface area contributed by atoms with Crippen LogP contribution in [0, 0.1) is 0 Å². The van der Waals surface area contributed by atoms with Crippen molar-refractivity contribution in [3.63, 3.8) is 0 Å². The molecule has 9 heteroatoms. The number of hydrogen-bond donors (Lipinski definition) is 1. The van der Waals surface area contributed by atoms with Crippen molar-refractivity contribution < 1.29 is 43.2 Å². The lowest BCUT2D eigenvalue weighted by Crippen LogP contribution is -2.39. The van der Waals surface area contributed by atoms with Gasteiger partial charge in [-0.15, -0.1) is 0 Å². The first kappa shape index (κ1) is 22.7. The van der Waals surface area contributed by atoms with E-state index in [4.69, 9.17) is 24.1 Å². The van der Waals surface area contributed by atoms with Crippen LogP contribution in [0.5, 0.6) is 0 Å². The molecule has 25 heavy (non-hydrogen) atoms. The number of rotatable bonds is 6. The molecule has 144 valence electrons. The molecule has 2 unspecified atom stereocenters. The fourth-order valence-electron chi connectivity index (χ4n) is 1.40. The third-order valence-electron chi connectivity index (χ3n) is 2.28. The molecule has 0 aliphatic heterocycles. The van der Waals surface area contributed by atoms with Gasteiger partial charge in [0.2, 0.25) is 6.10 Å². The zero-order valence-electron chi connectivity index (χ0n) is 15.6. The van der Waals surface area contributed by atoms with E-state index < -0.39 is 53.9 Å². The Morgan fingerprint density at radius 1 is 0.840 bits per heavy atom. The van der Waals surface area contributed by atoms with Gasteiger partial charge in [0.15, 0.2) is 6.10 Å². The highest BCUT2D eigenvalue weighted by Gasteiger charge is 2.33. The molecule has 0 rings (SSSR count). The van der Waals surface area contributed by atoms with Gasteiger partial charge < -0.3 is 24.1 Å². The number of hydrogen-bond acceptors (Lipinski definition) is 8. The average Bonchev–Trinajstić information content (AvgIpc) is 2.32. The summed E-state index contributed by atoms with van der Waals surface area (Å²) in [6.07, 6.45) is -4.92. The van der Waals surface area contributed by atoms with Crippen LogP contribution in [0.3, 0.4) is 0 Å². The number of ether oxygens (including phenoxy) is 4. The second kappa shape index (κ2) is 8.68. The molecule has 0 heterocycles. The first-order chi connectivity index (χ1) is 11.1. The summed E-state index contributed by atoms with van der Waals surface area (Å²) < 4.78 is 19.5. The molecule has 1 N–H and O–H groups in total. The minimum Gasteiger partial charge on any atom is -0.481 e. The summed E-state index contributed by atoms with van der Waals surface area (Å²) in [5, 5.41) is 8.85. The molecule has 0 aliphatic rings. The molecule has 9 nitrogen and oxygen atoms in total. The number of aliphatic carboxylic acids is 1. The lowest BCUT2D eigenvalue weighted by molar-refractivity contribution is -0.182. The van der Waals surface area contributed by atoms with E-state index in [-0.39, 0.29) is 0 Å². The topological polar surface area (TPSA) is 125 Å². The molecule has 0 aromatic rings. The Bertz CT molecular complexity index is 511. The first-order valence-corrected chi connectivity index (χ1v) is 7.65. The number of carbonyl (C=O) groups excluding carboxylic acids is 3. The zero-order chi connectivity index (χ0) is 20.0. The summed E-state index contributed by atoms with van der Waals surface area (Å²) in [5.41, 5.74) is -1.71. The van der Waals surface area contributed by atoms with Crippen molar-refractivity contribution in [1.82, 2.24) is 0 Å². The summed E-state index contributed by atoms with van der Waals surface area (Å²) >= 11 is 0. The lowest BCUT2D eigenvalue weighted by atomic mass is 10.2. The normalized spacial score (nSPS) is 14.0. The van der Waals surface area contributed by atoms with E-state index in [1.54, 1.807) is 41.5 Å². The van der Waals surface area contributed by atoms with Gasteiger partial charge in [-0.1, -0.05) is 0 Å². The van der Waals surface area contributed by atoms with E-state index in [2.05, 4.69) is 0 Å². The van der Waals surface area contributed by atoms with Crippen molar-refractivity contribution in [1.29, 1.82) is 0 Å². The summed E-state index contributed by atoms with van der Waals surface area (Å²) in [6, 6.07) is 0. The summed E-state index contributed by atoms with van der Waals surface area (Å²) in [7, 11) is 0. The number of carboxylic acid groups (broad SMARTS) is 1. The maximum Gasteiger partial charge on any atom is 0.509 e. The molecule has 0 saturated carbocycles. The van der Waals surface area contributed by atoms with Gasteiger partial charge in [-0.05, 0) is 48.5 Å². The number of esters is 2. The molecule has 0 spiro atoms. The van der Waals surface area contributed by atoms with Crippen LogP contribution in [-0.4, -0.2) is 52.6 Å². The van der Waals surface area contributed by atoms with Gasteiger partial charge in [-0.2, -0.15) is 0 Å². The Kier molecular flexibility index (Phi) is 7.88. The number of carbonyl (C=O) groups is 4. The van der Waals surface area contributed by atoms with E-state index in [1.807, 2.05) is 0 Å². The van der Waals surface area contributed by atoms with E-state index >= 15 is 0 Å². The first-order valence-electron chi connectivity index (χ1n) is 7.65. The quantitative estimate of drug-likeness (QED) is 0.558. The molecule has 0 fully saturated rings. The maximum absolute atomic E-state index is 12.0. The van der Waals surface area contributed by atoms with Gasteiger partial charge in [0.25, 0.3) is 0 Å². The van der Waals surface area contributed by atoms with E-state index in [0.717, 1.165) is 0 Å². The molecule has 0 aromatic carbocycles. The van der Waals surface area contributed by atoms with Crippen molar-refractivity contribution in [2.75, 3.05) is 0 Å². The summed E-state index contributed by atoms with van der Waals surface area (Å²) in [6.45, 7) is 10.8. The van der Waals surface area contributed by atoms with Crippen LogP contribution in [0.15, 0.2) is 0 Å². The van der Waals surface area contributed by atoms with Crippen LogP contribution in [0.25, 0.3) is 0 Å². The zero-order valence-corrected chi connectivity index (χ0v) is 15.6. The molecule has 0 saturated heterocycles. The molecule has 0 radical (unpaired) electrons. The van der Waals surface area contributed by atoms with Crippen LogP contribution in [0.4, 0.5) is 4.79 Å². The van der Waals surface area contributed by atoms with Crippen LogP contribution < -0.4 is 0 Å². The Morgan fingerprint density at radius 3 is 1.72 bits per heavy atom. The Hall–Kier alpha value is -2.32. The highest BCUT2D eigenvalue weighted by atomic mass is 16.7. The van der Waals surface area contributed by atoms with Crippen molar-refractivity contribution in [2.45, 2.75) is 78.3 Å². The van der Waals surface area contributed by atoms with E-state index in [1.165, 1.54) is 6.92 Å². The minimum absolute atomic E-state index is 0.778. The van der Waals surface area contributed by atoms with Crippen molar-refractivity contribution >= 4 is 24.1 Å². The second-order valence-corrected chi connectivity index (χ2v) is 7.28. The van der Waals surface area contributed by atoms with Crippen molar-refractivity contribution in [2.24, 2.45) is 0 Å². The lowest BCUT2D eigenvalue weighted by Gasteiger charge is -2.24. The predicted octanol–water partition coefficient (Wildman–Crippen LogP) is 2.05. The molecule has 0 aliphatic carbocycles. The van der Waals surface area contributed by atoms with Gasteiger partial charge >= 0.3 is 24.1 Å². The molecule has 2 atom stereocenters. The van der Waals surface area contributed by atoms with Gasteiger partial charge in [-0.25, -0.2) is 14.4 Å². The molecular weight excluding hydrogens is 336 g/mol. The van der Waals surface area contributed by atoms with Crippen molar-refractivity contribution in [3.8, 4) is 0 Å². The Labute approximate surface area is 146 Å². The summed E-state index contributed by atoms with van der Waals surface area (Å²) in [5.74, 6) is -3.46. The number of carboxylic acids is 1. The third kappa shape index (κ3) is 11.0. The minimum atomic E-state index is -1.66. The average molecular weight is 362 g/mol. The molecule has 0 amide bonds. The van der Waals surface area contributed by atoms with Gasteiger partial charge in [0, 0.05) is 0 Å². The highest BCUT2D eigenvalue weighted by Crippen LogP contribution is 2.14. The Morgan fingerprint density at radius 2 is 1.32 bits per heavy atom. The fraction of sp³-hybridized carbons (Fsp3) is 0.750. The molecule has 0 bridgehead atoms. The van der Waals surface area contributed by atoms with Crippen molar-refractivity contribution in [3.05, 3.63) is 0 Å². The van der Waals surface area contributed by atoms with Crippen LogP contribution >= 0.6 is 0 Å². The predicted molar refractivity (Wildman–Crippen MR) is 84.8 cm³/mol. The van der Waals surface area contributed by atoms with Gasteiger partial charge in [0.1, 0.15) is 11.2 Å². The van der Waals surface area contributed by atoms with Gasteiger partial charge in [-0.3, -0.25) is 4.79 Å². The van der Waals surface area contributed by atoms with E-state index in [9.17, 15) is 19.2 Å². The van der Waals surface area contributed by atoms with Gasteiger partial charge in [0.05, 0.1) is 6.42 Å². The van der Waals surface area contributed by atoms with E-state index in [0.29, 0.717) is 0 Å². The largest absolute Gasteiger partial charge is 0.509 e. The smallest absolute Gasteiger partial charge is 0.481 e. The summed E-state index contributed by atoms with van der Waals surface area (Å²) in [4.78, 5) is 46.3. The highest BCUT2D eigenvalue weighted by molar-refractivity contribution is 5.85. The fourth-order valence-corrected chi connectivity index (χ4v) is 1.40. The molecule has 0 aromatic heterocycles. The third-order valence-corrected chi connectivity index (χ3v) is 2.28. The van der Waals surface area contributed by atoms with Crippen LogP contribution in [-0.2, 0) is 33.3 Å². The SMILES string of the molecule is CC(OC(=O)OC(C)(C)C)C(=O)OC(CC(=O)O)C(=O)OC(C)(C)C. The second-order valence-electron chi connectivity index (χ2n) is 7.28. The van der Waals surface area contributed by atoms with Crippen LogP contribution in [0.2, 0.25) is 0 Å².